The number of hydrogen-bond donors (Lipinski definition) is 2. The Balaban J connectivity index is 2.19. The number of nitrogens with two attached hydrogens (primary N) is 1. The Bertz CT molecular complexity index is 1230. The van der Waals surface area contributed by atoms with Crippen molar-refractivity contribution in [3.8, 4) is 11.5 Å². The highest BCUT2D eigenvalue weighted by atomic mass is 16.5. The molecular weight excluding hydrogens is 424 g/mol. The first-order valence-electron chi connectivity index (χ1n) is 10.6. The van der Waals surface area contributed by atoms with E-state index < -0.39 is 17.2 Å². The van der Waals surface area contributed by atoms with E-state index in [1.54, 1.807) is 18.2 Å². The van der Waals surface area contributed by atoms with Crippen LogP contribution in [0.4, 0.5) is 11.5 Å². The molecule has 33 heavy (non-hydrogen) atoms. The number of anilines is 2. The monoisotopic (exact) mass is 452 g/mol. The van der Waals surface area contributed by atoms with E-state index in [0.717, 1.165) is 12.0 Å². The number of hydrogen-bond acceptors (Lipinski definition) is 6. The summed E-state index contributed by atoms with van der Waals surface area (Å²) in [4.78, 5) is 42.6. The number of nitrogens with one attached hydrogen (secondary N) is 1. The molecule has 2 aromatic carbocycles. The molecule has 3 aromatic rings. The lowest BCUT2D eigenvalue weighted by Crippen LogP contribution is -2.41. The summed E-state index contributed by atoms with van der Waals surface area (Å²) in [6.07, 6.45) is 1.52. The molecule has 0 aliphatic rings. The average molecular weight is 453 g/mol. The van der Waals surface area contributed by atoms with Gasteiger partial charge in [-0.25, -0.2) is 4.79 Å². The van der Waals surface area contributed by atoms with Crippen molar-refractivity contribution in [1.29, 1.82) is 0 Å². The molecule has 3 N–H and O–H groups in total. The Labute approximate surface area is 191 Å². The fourth-order valence-electron chi connectivity index (χ4n) is 3.52. The maximum atomic E-state index is 13.8. The highest BCUT2D eigenvalue weighted by Gasteiger charge is 2.27. The topological polar surface area (TPSA) is 120 Å². The second-order valence-electron chi connectivity index (χ2n) is 7.44. The van der Waals surface area contributed by atoms with Crippen LogP contribution in [-0.4, -0.2) is 29.7 Å². The highest BCUT2D eigenvalue weighted by molar-refractivity contribution is 6.09. The lowest BCUT2D eigenvalue weighted by molar-refractivity contribution is 0.0981. The number of carbonyl (C=O) groups is 1. The Kier molecular flexibility index (Phi) is 7.55. The predicted octanol–water partition coefficient (Wildman–Crippen LogP) is 2.78. The van der Waals surface area contributed by atoms with Gasteiger partial charge in [-0.05, 0) is 24.1 Å². The van der Waals surface area contributed by atoms with Crippen LogP contribution in [0.2, 0.25) is 0 Å². The fourth-order valence-corrected chi connectivity index (χ4v) is 3.52. The van der Waals surface area contributed by atoms with Crippen LogP contribution in [0.3, 0.4) is 0 Å². The van der Waals surface area contributed by atoms with Gasteiger partial charge in [0, 0.05) is 12.6 Å². The summed E-state index contributed by atoms with van der Waals surface area (Å²) in [5.74, 6) is 0.236. The van der Waals surface area contributed by atoms with Crippen LogP contribution in [0.1, 0.15) is 35.7 Å². The normalized spacial score (nSPS) is 10.6. The molecule has 1 heterocycles. The Morgan fingerprint density at radius 2 is 1.82 bits per heavy atom. The number of aromatic nitrogens is 2. The molecule has 9 heteroatoms. The first-order chi connectivity index (χ1) is 15.9. The van der Waals surface area contributed by atoms with E-state index in [1.165, 1.54) is 23.7 Å². The highest BCUT2D eigenvalue weighted by Crippen LogP contribution is 2.29. The number of rotatable bonds is 9. The average Bonchev–Trinajstić information content (AvgIpc) is 2.82. The van der Waals surface area contributed by atoms with Crippen LogP contribution in [-0.2, 0) is 13.1 Å². The van der Waals surface area contributed by atoms with E-state index >= 15 is 0 Å². The largest absolute Gasteiger partial charge is 0.497 e. The number of aromatic amines is 1. The smallest absolute Gasteiger partial charge is 0.330 e. The molecule has 0 saturated heterocycles. The zero-order chi connectivity index (χ0) is 24.0. The van der Waals surface area contributed by atoms with Crippen LogP contribution >= 0.6 is 0 Å². The first kappa shape index (κ1) is 23.6. The zero-order valence-electron chi connectivity index (χ0n) is 19.0. The minimum atomic E-state index is -0.734. The van der Waals surface area contributed by atoms with Crippen molar-refractivity contribution in [2.45, 2.75) is 32.9 Å². The summed E-state index contributed by atoms with van der Waals surface area (Å²) < 4.78 is 11.9. The standard InChI is InChI=1S/C24H28N4O5/c1-4-5-13-27-21(25)20(22(29)26-24(27)31)28(15-16-9-7-6-8-10-16)23(30)18-12-11-17(32-2)14-19(18)33-3/h6-12,14H,4-5,13,15,25H2,1-3H3,(H,26,29,31). The number of nitrogen functional groups attached to an aromatic ring is 1. The fraction of sp³-hybridized carbons (Fsp3) is 0.292. The molecule has 1 aromatic heterocycles. The molecule has 9 nitrogen and oxygen atoms in total. The third kappa shape index (κ3) is 5.08. The van der Waals surface area contributed by atoms with E-state index in [2.05, 4.69) is 4.98 Å². The van der Waals surface area contributed by atoms with Crippen LogP contribution in [0.5, 0.6) is 11.5 Å². The van der Waals surface area contributed by atoms with E-state index in [9.17, 15) is 14.4 Å². The van der Waals surface area contributed by atoms with Crippen molar-refractivity contribution in [2.24, 2.45) is 0 Å². The van der Waals surface area contributed by atoms with Gasteiger partial charge in [-0.2, -0.15) is 0 Å². The summed E-state index contributed by atoms with van der Waals surface area (Å²) in [5.41, 5.74) is 5.89. The predicted molar refractivity (Wildman–Crippen MR) is 127 cm³/mol. The van der Waals surface area contributed by atoms with Gasteiger partial charge >= 0.3 is 5.69 Å². The molecule has 0 atom stereocenters. The van der Waals surface area contributed by atoms with Gasteiger partial charge < -0.3 is 15.2 Å². The number of methoxy groups -OCH3 is 2. The van der Waals surface area contributed by atoms with Gasteiger partial charge in [-0.3, -0.25) is 24.0 Å². The molecule has 0 radical (unpaired) electrons. The maximum absolute atomic E-state index is 13.8. The van der Waals surface area contributed by atoms with Gasteiger partial charge in [0.25, 0.3) is 11.5 Å². The van der Waals surface area contributed by atoms with Gasteiger partial charge in [-0.15, -0.1) is 0 Å². The van der Waals surface area contributed by atoms with Crippen LogP contribution in [0, 0.1) is 0 Å². The number of benzene rings is 2. The maximum Gasteiger partial charge on any atom is 0.330 e. The van der Waals surface area contributed by atoms with Gasteiger partial charge in [0.15, 0.2) is 5.69 Å². The van der Waals surface area contributed by atoms with Crippen molar-refractivity contribution in [3.63, 3.8) is 0 Å². The van der Waals surface area contributed by atoms with Crippen LogP contribution in [0.15, 0.2) is 58.1 Å². The van der Waals surface area contributed by atoms with Crippen molar-refractivity contribution >= 4 is 17.4 Å². The molecule has 0 aliphatic heterocycles. The third-order valence-electron chi connectivity index (χ3n) is 5.29. The SMILES string of the molecule is CCCCn1c(N)c(N(Cc2ccccc2)C(=O)c2ccc(OC)cc2OC)c(=O)[nH]c1=O. The third-order valence-corrected chi connectivity index (χ3v) is 5.29. The Morgan fingerprint density at radius 1 is 1.09 bits per heavy atom. The molecule has 0 aliphatic carbocycles. The van der Waals surface area contributed by atoms with Crippen LogP contribution < -0.4 is 31.4 Å². The second-order valence-corrected chi connectivity index (χ2v) is 7.44. The number of amides is 1. The molecule has 0 saturated carbocycles. The van der Waals surface area contributed by atoms with Crippen molar-refractivity contribution in [3.05, 3.63) is 80.5 Å². The number of ether oxygens (including phenoxy) is 2. The molecule has 0 spiro atoms. The molecule has 1 amide bonds. The van der Waals surface area contributed by atoms with Gasteiger partial charge in [0.1, 0.15) is 17.3 Å². The minimum Gasteiger partial charge on any atom is -0.497 e. The number of H-pyrrole nitrogens is 1. The Morgan fingerprint density at radius 3 is 2.45 bits per heavy atom. The van der Waals surface area contributed by atoms with Gasteiger partial charge in [0.2, 0.25) is 0 Å². The summed E-state index contributed by atoms with van der Waals surface area (Å²) in [6, 6.07) is 14.0. The molecule has 0 fully saturated rings. The molecule has 0 bridgehead atoms. The quantitative estimate of drug-likeness (QED) is 0.515. The van der Waals surface area contributed by atoms with E-state index in [-0.39, 0.29) is 29.4 Å². The number of carbonyl (C=O) groups excluding carboxylic acids is 1. The summed E-state index contributed by atoms with van der Waals surface area (Å²) >= 11 is 0. The van der Waals surface area contributed by atoms with Crippen molar-refractivity contribution in [2.75, 3.05) is 24.9 Å². The van der Waals surface area contributed by atoms with Crippen molar-refractivity contribution in [1.82, 2.24) is 9.55 Å². The molecule has 174 valence electrons. The van der Waals surface area contributed by atoms with Crippen molar-refractivity contribution < 1.29 is 14.3 Å². The van der Waals surface area contributed by atoms with E-state index in [0.29, 0.717) is 18.7 Å². The first-order valence-corrected chi connectivity index (χ1v) is 10.6. The molecule has 0 unspecified atom stereocenters. The lowest BCUT2D eigenvalue weighted by atomic mass is 10.1. The van der Waals surface area contributed by atoms with Crippen LogP contribution in [0.25, 0.3) is 0 Å². The summed E-state index contributed by atoms with van der Waals surface area (Å²) in [7, 11) is 2.96. The number of nitrogens with zero attached hydrogens (tertiary/aromatic N) is 2. The Hall–Kier alpha value is -4.01. The second kappa shape index (κ2) is 10.5. The lowest BCUT2D eigenvalue weighted by Gasteiger charge is -2.25. The molecule has 3 rings (SSSR count). The minimum absolute atomic E-state index is 0.0611. The van der Waals surface area contributed by atoms with Gasteiger partial charge in [-0.1, -0.05) is 43.7 Å². The van der Waals surface area contributed by atoms with E-state index in [4.69, 9.17) is 15.2 Å². The zero-order valence-corrected chi connectivity index (χ0v) is 19.0. The summed E-state index contributed by atoms with van der Waals surface area (Å²) in [6.45, 7) is 2.37. The number of unbranched alkanes of at least 4 members (excludes halogenated alkanes) is 1. The van der Waals surface area contributed by atoms with E-state index in [1.807, 2.05) is 37.3 Å². The molecular formula is C24H28N4O5. The summed E-state index contributed by atoms with van der Waals surface area (Å²) in [5, 5.41) is 0. The van der Waals surface area contributed by atoms with Gasteiger partial charge in [0.05, 0.1) is 26.3 Å².